The molecule has 1 aromatic carbocycles. The van der Waals surface area contributed by atoms with Gasteiger partial charge < -0.3 is 15.2 Å². The third-order valence-electron chi connectivity index (χ3n) is 3.41. The molecule has 0 bridgehead atoms. The van der Waals surface area contributed by atoms with Gasteiger partial charge in [-0.25, -0.2) is 14.6 Å². The molecule has 2 heterocycles. The highest BCUT2D eigenvalue weighted by Gasteiger charge is 2.16. The van der Waals surface area contributed by atoms with E-state index in [1.54, 1.807) is 42.9 Å². The van der Waals surface area contributed by atoms with Crippen molar-refractivity contribution in [2.75, 3.05) is 6.54 Å². The average molecular weight is 406 g/mol. The summed E-state index contributed by atoms with van der Waals surface area (Å²) in [6, 6.07) is 6.71. The number of nitrogens with zero attached hydrogens (tertiary/aromatic N) is 4. The summed E-state index contributed by atoms with van der Waals surface area (Å²) in [5.74, 6) is 0.508. The maximum Gasteiger partial charge on any atom is 0.251 e. The van der Waals surface area contributed by atoms with Crippen molar-refractivity contribution in [1.29, 1.82) is 0 Å². The summed E-state index contributed by atoms with van der Waals surface area (Å²) in [5.41, 5.74) is 1.05. The molecule has 25 heavy (non-hydrogen) atoms. The number of aryl methyl sites for hydroxylation is 1. The smallest absolute Gasteiger partial charge is 0.251 e. The van der Waals surface area contributed by atoms with Gasteiger partial charge in [0.2, 0.25) is 5.88 Å². The van der Waals surface area contributed by atoms with Gasteiger partial charge in [-0.05, 0) is 41.1 Å². The van der Waals surface area contributed by atoms with Crippen molar-refractivity contribution in [3.63, 3.8) is 0 Å². The van der Waals surface area contributed by atoms with Crippen LogP contribution in [0.3, 0.4) is 0 Å². The van der Waals surface area contributed by atoms with Crippen molar-refractivity contribution in [1.82, 2.24) is 25.1 Å². The molecule has 1 unspecified atom stereocenters. The summed E-state index contributed by atoms with van der Waals surface area (Å²) in [6.45, 7) is 1.78. The molecule has 1 atom stereocenters. The topological polar surface area (TPSA) is 102 Å². The number of rotatable bonds is 5. The lowest BCUT2D eigenvalue weighted by molar-refractivity contribution is 0.0923. The van der Waals surface area contributed by atoms with Crippen LogP contribution in [0.2, 0.25) is 0 Å². The van der Waals surface area contributed by atoms with Gasteiger partial charge in [-0.2, -0.15) is 5.10 Å². The second-order valence-corrected chi connectivity index (χ2v) is 6.23. The summed E-state index contributed by atoms with van der Waals surface area (Å²) < 4.78 is 8.03. The molecule has 0 spiro atoms. The van der Waals surface area contributed by atoms with Crippen LogP contribution in [-0.2, 0) is 7.05 Å². The molecule has 0 fully saturated rings. The number of halogens is 1. The maximum atomic E-state index is 12.1. The second-order valence-electron chi connectivity index (χ2n) is 5.48. The first-order valence-electron chi connectivity index (χ1n) is 7.53. The fraction of sp³-hybridized carbons (Fsp3) is 0.250. The first kappa shape index (κ1) is 17.3. The van der Waals surface area contributed by atoms with E-state index in [9.17, 15) is 9.90 Å². The second kappa shape index (κ2) is 7.16. The molecule has 0 aliphatic carbocycles. The summed E-state index contributed by atoms with van der Waals surface area (Å²) in [5, 5.41) is 16.8. The Morgan fingerprint density at radius 3 is 3.00 bits per heavy atom. The van der Waals surface area contributed by atoms with Crippen molar-refractivity contribution in [3.8, 4) is 11.6 Å². The number of hydrogen-bond donors (Lipinski definition) is 2. The van der Waals surface area contributed by atoms with Gasteiger partial charge in [0.05, 0.1) is 6.10 Å². The lowest BCUT2D eigenvalue weighted by Gasteiger charge is -2.09. The largest absolute Gasteiger partial charge is 0.438 e. The normalized spacial score (nSPS) is 12.2. The van der Waals surface area contributed by atoms with Crippen LogP contribution in [0.4, 0.5) is 0 Å². The van der Waals surface area contributed by atoms with Gasteiger partial charge in [0, 0.05) is 19.2 Å². The van der Waals surface area contributed by atoms with Crippen LogP contribution in [0.15, 0.2) is 35.2 Å². The Morgan fingerprint density at radius 1 is 1.44 bits per heavy atom. The molecule has 0 saturated carbocycles. The van der Waals surface area contributed by atoms with E-state index in [0.717, 1.165) is 0 Å². The molecule has 3 rings (SSSR count). The fourth-order valence-electron chi connectivity index (χ4n) is 2.25. The summed E-state index contributed by atoms with van der Waals surface area (Å²) >= 11 is 3.37. The lowest BCUT2D eigenvalue weighted by atomic mass is 10.2. The molecule has 8 nitrogen and oxygen atoms in total. The first-order chi connectivity index (χ1) is 12.0. The van der Waals surface area contributed by atoms with E-state index >= 15 is 0 Å². The van der Waals surface area contributed by atoms with E-state index in [4.69, 9.17) is 4.74 Å². The van der Waals surface area contributed by atoms with Crippen LogP contribution in [0.25, 0.3) is 11.0 Å². The molecular weight excluding hydrogens is 390 g/mol. The minimum Gasteiger partial charge on any atom is -0.438 e. The Hall–Kier alpha value is -2.52. The molecule has 0 saturated heterocycles. The average Bonchev–Trinajstić information content (AvgIpc) is 2.88. The summed E-state index contributed by atoms with van der Waals surface area (Å²) in [4.78, 5) is 20.4. The summed E-state index contributed by atoms with van der Waals surface area (Å²) in [7, 11) is 1.77. The number of amides is 1. The van der Waals surface area contributed by atoms with E-state index in [1.807, 2.05) is 0 Å². The van der Waals surface area contributed by atoms with Crippen molar-refractivity contribution in [2.45, 2.75) is 13.0 Å². The molecule has 2 N–H and O–H groups in total. The van der Waals surface area contributed by atoms with Crippen molar-refractivity contribution < 1.29 is 14.6 Å². The Morgan fingerprint density at radius 2 is 2.24 bits per heavy atom. The zero-order chi connectivity index (χ0) is 18.0. The van der Waals surface area contributed by atoms with Gasteiger partial charge in [-0.15, -0.1) is 0 Å². The molecule has 9 heteroatoms. The van der Waals surface area contributed by atoms with Crippen molar-refractivity contribution in [2.24, 2.45) is 7.05 Å². The molecule has 130 valence electrons. The van der Waals surface area contributed by atoms with Crippen LogP contribution in [-0.4, -0.2) is 43.4 Å². The lowest BCUT2D eigenvalue weighted by Crippen LogP contribution is -2.30. The quantitative estimate of drug-likeness (QED) is 0.673. The van der Waals surface area contributed by atoms with E-state index in [1.165, 1.54) is 6.33 Å². The zero-order valence-electron chi connectivity index (χ0n) is 13.6. The number of aliphatic hydroxyl groups is 1. The molecule has 0 radical (unpaired) electrons. The van der Waals surface area contributed by atoms with Crippen molar-refractivity contribution >= 4 is 32.9 Å². The minimum absolute atomic E-state index is 0.180. The number of carbonyl (C=O) groups is 1. The van der Waals surface area contributed by atoms with E-state index < -0.39 is 6.10 Å². The molecule has 0 aliphatic heterocycles. The molecule has 1 amide bonds. The number of hydrogen-bond acceptors (Lipinski definition) is 6. The van der Waals surface area contributed by atoms with Gasteiger partial charge in [-0.3, -0.25) is 4.79 Å². The monoisotopic (exact) mass is 405 g/mol. The predicted molar refractivity (Wildman–Crippen MR) is 94.5 cm³/mol. The predicted octanol–water partition coefficient (Wildman–Crippen LogP) is 2.03. The van der Waals surface area contributed by atoms with Crippen LogP contribution in [0, 0.1) is 0 Å². The van der Waals surface area contributed by atoms with Gasteiger partial charge >= 0.3 is 0 Å². The molecule has 0 aliphatic rings. The highest BCUT2D eigenvalue weighted by molar-refractivity contribution is 9.10. The van der Waals surface area contributed by atoms with Gasteiger partial charge in [-0.1, -0.05) is 6.07 Å². The van der Waals surface area contributed by atoms with Crippen molar-refractivity contribution in [3.05, 3.63) is 40.8 Å². The summed E-state index contributed by atoms with van der Waals surface area (Å²) in [6.07, 6.45) is 0.783. The Labute approximate surface area is 152 Å². The van der Waals surface area contributed by atoms with Gasteiger partial charge in [0.15, 0.2) is 5.65 Å². The van der Waals surface area contributed by atoms with Crippen LogP contribution in [0.5, 0.6) is 11.6 Å². The van der Waals surface area contributed by atoms with Gasteiger partial charge in [0.25, 0.3) is 5.91 Å². The zero-order valence-corrected chi connectivity index (χ0v) is 15.2. The number of nitrogens with one attached hydrogen (secondary N) is 1. The Balaban J connectivity index is 1.87. The standard InChI is InChI=1S/C16H16BrN5O3/c1-9(23)7-18-15(24)10-4-3-5-11(6-10)25-16-12-13(17)21-22(2)14(12)19-8-20-16/h3-6,8-9,23H,7H2,1-2H3,(H,18,24). The highest BCUT2D eigenvalue weighted by Crippen LogP contribution is 2.31. The van der Waals surface area contributed by atoms with Gasteiger partial charge in [0.1, 0.15) is 22.1 Å². The van der Waals surface area contributed by atoms with E-state index in [-0.39, 0.29) is 12.5 Å². The number of aromatic nitrogens is 4. The minimum atomic E-state index is -0.611. The number of fused-ring (bicyclic) bond motifs is 1. The molecule has 2 aromatic heterocycles. The Kier molecular flexibility index (Phi) is 4.95. The van der Waals surface area contributed by atoms with Crippen LogP contribution in [0.1, 0.15) is 17.3 Å². The number of benzene rings is 1. The number of ether oxygens (including phenoxy) is 1. The Bertz CT molecular complexity index is 925. The van der Waals surface area contributed by atoms with E-state index in [2.05, 4.69) is 36.3 Å². The van der Waals surface area contributed by atoms with E-state index in [0.29, 0.717) is 32.8 Å². The third kappa shape index (κ3) is 3.77. The van der Waals surface area contributed by atoms with Crippen LogP contribution < -0.4 is 10.1 Å². The van der Waals surface area contributed by atoms with Crippen LogP contribution >= 0.6 is 15.9 Å². The third-order valence-corrected chi connectivity index (χ3v) is 3.97. The number of aliphatic hydroxyl groups excluding tert-OH is 1. The first-order valence-corrected chi connectivity index (χ1v) is 8.32. The molecular formula is C16H16BrN5O3. The highest BCUT2D eigenvalue weighted by atomic mass is 79.9. The number of carbonyl (C=O) groups excluding carboxylic acids is 1. The maximum absolute atomic E-state index is 12.1. The SMILES string of the molecule is CC(O)CNC(=O)c1cccc(Oc2ncnc3c2c(Br)nn3C)c1. The molecule has 3 aromatic rings. The fourth-order valence-corrected chi connectivity index (χ4v) is 2.83.